The second-order valence-electron chi connectivity index (χ2n) is 11.3. The third-order valence-electron chi connectivity index (χ3n) is 7.72. The van der Waals surface area contributed by atoms with E-state index in [0.717, 1.165) is 21.6 Å². The number of nitrogens with one attached hydrogen (secondary N) is 1. The number of carbonyl (C=O) groups is 2. The van der Waals surface area contributed by atoms with Gasteiger partial charge < -0.3 is 14.5 Å². The van der Waals surface area contributed by atoms with Gasteiger partial charge in [0.1, 0.15) is 11.3 Å². The highest BCUT2D eigenvalue weighted by atomic mass is 19.4. The summed E-state index contributed by atoms with van der Waals surface area (Å²) >= 11 is 0. The SMILES string of the molecule is CCCc1cc2c(C(F)(F)F)cc(=O)oc2c(CCC)c1OCCCCN(C=O)C(=O)NC(c1ccccc1)c1ccc(C)cc1. The molecule has 1 N–H and O–H groups in total. The summed E-state index contributed by atoms with van der Waals surface area (Å²) in [5, 5.41) is 2.82. The van der Waals surface area contributed by atoms with Crippen LogP contribution in [-0.4, -0.2) is 30.5 Å². The Balaban J connectivity index is 1.47. The molecule has 0 spiro atoms. The fraction of sp³-hybridized carbons (Fsp3) is 0.361. The van der Waals surface area contributed by atoms with Crippen molar-refractivity contribution < 1.29 is 31.9 Å². The minimum absolute atomic E-state index is 0.109. The van der Waals surface area contributed by atoms with Crippen LogP contribution < -0.4 is 15.7 Å². The standard InChI is InChI=1S/C36H39F3N2O5/c1-4-11-27-21-29-30(36(37,38)39)22-31(43)46-34(29)28(12-5-2)33(27)45-20-10-9-19-41(23-42)35(44)40-32(25-13-7-6-8-14-25)26-17-15-24(3)16-18-26/h6-8,13-18,21-23,32H,4-5,9-12,19-20H2,1-3H3,(H,40,44). The maximum Gasteiger partial charge on any atom is 0.417 e. The van der Waals surface area contributed by atoms with Crippen molar-refractivity contribution in [3.05, 3.63) is 111 Å². The number of alkyl halides is 3. The molecule has 244 valence electrons. The summed E-state index contributed by atoms with van der Waals surface area (Å²) in [6.07, 6.45) is -1.24. The lowest BCUT2D eigenvalue weighted by molar-refractivity contribution is -0.136. The van der Waals surface area contributed by atoms with Crippen molar-refractivity contribution >= 4 is 23.4 Å². The second kappa shape index (κ2) is 15.6. The Morgan fingerprint density at radius 3 is 2.28 bits per heavy atom. The Hall–Kier alpha value is -4.60. The van der Waals surface area contributed by atoms with E-state index in [-0.39, 0.29) is 24.1 Å². The van der Waals surface area contributed by atoms with Crippen LogP contribution in [0.1, 0.15) is 79.0 Å². The molecule has 4 aromatic rings. The average molecular weight is 637 g/mol. The van der Waals surface area contributed by atoms with Crippen LogP contribution in [0.25, 0.3) is 11.0 Å². The molecular formula is C36H39F3N2O5. The number of hydrogen-bond acceptors (Lipinski definition) is 5. The molecule has 0 aliphatic heterocycles. The number of urea groups is 1. The van der Waals surface area contributed by atoms with Gasteiger partial charge in [-0.2, -0.15) is 13.2 Å². The first-order valence-corrected chi connectivity index (χ1v) is 15.5. The van der Waals surface area contributed by atoms with Crippen LogP contribution in [0.5, 0.6) is 5.75 Å². The molecule has 1 aromatic heterocycles. The molecule has 10 heteroatoms. The first-order valence-electron chi connectivity index (χ1n) is 15.5. The van der Waals surface area contributed by atoms with Gasteiger partial charge in [-0.3, -0.25) is 9.69 Å². The molecule has 0 aliphatic carbocycles. The number of aryl methyl sites for hydroxylation is 3. The normalized spacial score (nSPS) is 12.1. The Labute approximate surface area is 266 Å². The van der Waals surface area contributed by atoms with E-state index < -0.39 is 29.4 Å². The smallest absolute Gasteiger partial charge is 0.417 e. The molecule has 3 amide bonds. The molecule has 0 saturated heterocycles. The topological polar surface area (TPSA) is 88.8 Å². The van der Waals surface area contributed by atoms with Crippen molar-refractivity contribution in [2.24, 2.45) is 0 Å². The van der Waals surface area contributed by atoms with E-state index in [9.17, 15) is 27.6 Å². The number of ether oxygens (including phenoxy) is 1. The van der Waals surface area contributed by atoms with Crippen molar-refractivity contribution in [2.45, 2.75) is 71.5 Å². The van der Waals surface area contributed by atoms with Gasteiger partial charge in [-0.05, 0) is 55.4 Å². The maximum absolute atomic E-state index is 13.9. The van der Waals surface area contributed by atoms with E-state index in [1.165, 1.54) is 6.07 Å². The van der Waals surface area contributed by atoms with E-state index in [1.807, 2.05) is 75.4 Å². The van der Waals surface area contributed by atoms with Crippen LogP contribution in [0.15, 0.2) is 75.9 Å². The van der Waals surface area contributed by atoms with E-state index in [1.54, 1.807) is 0 Å². The van der Waals surface area contributed by atoms with Crippen molar-refractivity contribution in [3.8, 4) is 5.75 Å². The first-order chi connectivity index (χ1) is 22.1. The van der Waals surface area contributed by atoms with Gasteiger partial charge in [-0.1, -0.05) is 86.8 Å². The highest BCUT2D eigenvalue weighted by Gasteiger charge is 2.35. The molecule has 0 fully saturated rings. The van der Waals surface area contributed by atoms with Crippen LogP contribution in [0.3, 0.4) is 0 Å². The number of benzene rings is 3. The Kier molecular flexibility index (Phi) is 11.6. The summed E-state index contributed by atoms with van der Waals surface area (Å²) in [6.45, 7) is 6.11. The monoisotopic (exact) mass is 636 g/mol. The third-order valence-corrected chi connectivity index (χ3v) is 7.72. The highest BCUT2D eigenvalue weighted by molar-refractivity contribution is 5.87. The zero-order chi connectivity index (χ0) is 33.3. The van der Waals surface area contributed by atoms with Gasteiger partial charge in [0.2, 0.25) is 6.41 Å². The van der Waals surface area contributed by atoms with Crippen LogP contribution in [-0.2, 0) is 23.8 Å². The molecule has 46 heavy (non-hydrogen) atoms. The fourth-order valence-electron chi connectivity index (χ4n) is 5.48. The summed E-state index contributed by atoms with van der Waals surface area (Å²) in [6, 6.07) is 18.2. The number of unbranched alkanes of at least 4 members (excludes halogenated alkanes) is 1. The lowest BCUT2D eigenvalue weighted by Crippen LogP contribution is -2.41. The number of fused-ring (bicyclic) bond motifs is 1. The average Bonchev–Trinajstić information content (AvgIpc) is 3.03. The van der Waals surface area contributed by atoms with Crippen molar-refractivity contribution in [2.75, 3.05) is 13.2 Å². The maximum atomic E-state index is 13.9. The molecule has 7 nitrogen and oxygen atoms in total. The molecule has 0 bridgehead atoms. The van der Waals surface area contributed by atoms with Gasteiger partial charge >= 0.3 is 17.8 Å². The Morgan fingerprint density at radius 2 is 1.65 bits per heavy atom. The largest absolute Gasteiger partial charge is 0.493 e. The zero-order valence-corrected chi connectivity index (χ0v) is 26.3. The predicted molar refractivity (Wildman–Crippen MR) is 171 cm³/mol. The quantitative estimate of drug-likeness (QED) is 0.0858. The zero-order valence-electron chi connectivity index (χ0n) is 26.3. The molecule has 3 aromatic carbocycles. The number of carbonyl (C=O) groups excluding carboxylic acids is 2. The Bertz CT molecular complexity index is 1680. The van der Waals surface area contributed by atoms with Gasteiger partial charge in [0.25, 0.3) is 0 Å². The minimum Gasteiger partial charge on any atom is -0.493 e. The predicted octanol–water partition coefficient (Wildman–Crippen LogP) is 8.14. The lowest BCUT2D eigenvalue weighted by Gasteiger charge is -2.24. The molecule has 1 unspecified atom stereocenters. The van der Waals surface area contributed by atoms with E-state index >= 15 is 0 Å². The molecule has 0 saturated carbocycles. The summed E-state index contributed by atoms with van der Waals surface area (Å²) in [4.78, 5) is 38.4. The highest BCUT2D eigenvalue weighted by Crippen LogP contribution is 2.40. The van der Waals surface area contributed by atoms with Gasteiger partial charge in [0.15, 0.2) is 0 Å². The van der Waals surface area contributed by atoms with Gasteiger partial charge in [-0.25, -0.2) is 9.59 Å². The molecular weight excluding hydrogens is 597 g/mol. The number of hydrogen-bond donors (Lipinski definition) is 1. The number of nitrogens with zero attached hydrogens (tertiary/aromatic N) is 1. The molecule has 1 heterocycles. The van der Waals surface area contributed by atoms with E-state index in [0.29, 0.717) is 67.9 Å². The molecule has 4 rings (SSSR count). The van der Waals surface area contributed by atoms with Crippen molar-refractivity contribution in [1.82, 2.24) is 10.2 Å². The molecule has 0 aliphatic rings. The van der Waals surface area contributed by atoms with E-state index in [2.05, 4.69) is 5.32 Å². The van der Waals surface area contributed by atoms with E-state index in [4.69, 9.17) is 9.15 Å². The molecule has 0 radical (unpaired) electrons. The van der Waals surface area contributed by atoms with Gasteiger partial charge in [-0.15, -0.1) is 0 Å². The van der Waals surface area contributed by atoms with Crippen molar-refractivity contribution in [1.29, 1.82) is 0 Å². The van der Waals surface area contributed by atoms with Crippen molar-refractivity contribution in [3.63, 3.8) is 0 Å². The first kappa shape index (κ1) is 34.3. The van der Waals surface area contributed by atoms with Crippen LogP contribution >= 0.6 is 0 Å². The van der Waals surface area contributed by atoms with Gasteiger partial charge in [0.05, 0.1) is 18.2 Å². The summed E-state index contributed by atoms with van der Waals surface area (Å²) < 4.78 is 53.1. The summed E-state index contributed by atoms with van der Waals surface area (Å²) in [5.41, 5.74) is 1.67. The van der Waals surface area contributed by atoms with Crippen LogP contribution in [0.2, 0.25) is 0 Å². The fourth-order valence-corrected chi connectivity index (χ4v) is 5.48. The Morgan fingerprint density at radius 1 is 0.978 bits per heavy atom. The second-order valence-corrected chi connectivity index (χ2v) is 11.3. The number of imide groups is 1. The minimum atomic E-state index is -4.72. The summed E-state index contributed by atoms with van der Waals surface area (Å²) in [5.74, 6) is 0.424. The summed E-state index contributed by atoms with van der Waals surface area (Å²) in [7, 11) is 0. The van der Waals surface area contributed by atoms with Crippen LogP contribution in [0.4, 0.5) is 18.0 Å². The third kappa shape index (κ3) is 8.35. The number of halogens is 3. The van der Waals surface area contributed by atoms with Gasteiger partial charge in [0, 0.05) is 23.6 Å². The molecule has 1 atom stereocenters. The number of rotatable bonds is 14. The number of amides is 3. The van der Waals surface area contributed by atoms with Crippen LogP contribution in [0, 0.1) is 6.92 Å². The lowest BCUT2D eigenvalue weighted by atomic mass is 9.96.